The Bertz CT molecular complexity index is 602. The molecule has 0 spiro atoms. The van der Waals surface area contributed by atoms with E-state index in [1.807, 2.05) is 0 Å². The predicted molar refractivity (Wildman–Crippen MR) is 82.1 cm³/mol. The number of carbonyl (C=O) groups excluding carboxylic acids is 1. The van der Waals surface area contributed by atoms with Crippen molar-refractivity contribution in [3.63, 3.8) is 0 Å². The monoisotopic (exact) mass is 319 g/mol. The molecule has 1 aliphatic heterocycles. The number of carboxylic acid groups (broad SMARTS) is 1. The van der Waals surface area contributed by atoms with Crippen LogP contribution in [0.4, 0.5) is 0 Å². The molecule has 1 heterocycles. The number of carboxylic acids is 1. The first kappa shape index (κ1) is 16.0. The molecule has 1 aromatic carbocycles. The zero-order valence-corrected chi connectivity index (χ0v) is 13.1. The first-order chi connectivity index (χ1) is 11.0. The van der Waals surface area contributed by atoms with E-state index in [0.717, 1.165) is 18.4 Å². The lowest BCUT2D eigenvalue weighted by Crippen LogP contribution is -2.38. The second kappa shape index (κ2) is 5.94. The smallest absolute Gasteiger partial charge is 0.335 e. The molecule has 0 amide bonds. The summed E-state index contributed by atoms with van der Waals surface area (Å²) in [6.45, 7) is 1.75. The number of rotatable bonds is 6. The van der Waals surface area contributed by atoms with Crippen LogP contribution in [0.5, 0.6) is 0 Å². The van der Waals surface area contributed by atoms with Crippen molar-refractivity contribution in [2.45, 2.75) is 31.4 Å². The number of nitrogens with one attached hydrogen (secondary N) is 1. The summed E-state index contributed by atoms with van der Waals surface area (Å²) in [6, 6.07) is 6.80. The summed E-state index contributed by atoms with van der Waals surface area (Å²) < 4.78 is 10.8. The van der Waals surface area contributed by atoms with Gasteiger partial charge in [0.05, 0.1) is 30.3 Å². The van der Waals surface area contributed by atoms with E-state index in [1.165, 1.54) is 7.11 Å². The number of aromatic carboxylic acids is 1. The van der Waals surface area contributed by atoms with Gasteiger partial charge < -0.3 is 19.9 Å². The van der Waals surface area contributed by atoms with E-state index >= 15 is 0 Å². The third-order valence-electron chi connectivity index (χ3n) is 4.97. The molecule has 6 heteroatoms. The summed E-state index contributed by atoms with van der Waals surface area (Å²) in [7, 11) is 1.43. The van der Waals surface area contributed by atoms with Crippen LogP contribution in [-0.2, 0) is 20.8 Å². The van der Waals surface area contributed by atoms with Crippen molar-refractivity contribution in [3.05, 3.63) is 35.4 Å². The van der Waals surface area contributed by atoms with Gasteiger partial charge in [-0.1, -0.05) is 12.1 Å². The predicted octanol–water partition coefficient (Wildman–Crippen LogP) is 1.59. The summed E-state index contributed by atoms with van der Waals surface area (Å²) in [5.41, 5.74) is 0.557. The van der Waals surface area contributed by atoms with Gasteiger partial charge in [-0.15, -0.1) is 0 Å². The SMILES string of the molecule is COC(=O)C12CCC(CNCc3ccc(C(=O)O)cc3)(C1)OC2. The van der Waals surface area contributed by atoms with Crippen LogP contribution in [0.2, 0.25) is 0 Å². The molecular formula is C17H21NO5. The maximum Gasteiger partial charge on any atom is 0.335 e. The van der Waals surface area contributed by atoms with Crippen molar-refractivity contribution in [1.29, 1.82) is 0 Å². The Morgan fingerprint density at radius 3 is 2.61 bits per heavy atom. The molecule has 2 fully saturated rings. The third-order valence-corrected chi connectivity index (χ3v) is 4.97. The van der Waals surface area contributed by atoms with Crippen molar-refractivity contribution in [2.24, 2.45) is 5.41 Å². The van der Waals surface area contributed by atoms with E-state index in [9.17, 15) is 9.59 Å². The van der Waals surface area contributed by atoms with Crippen LogP contribution in [-0.4, -0.2) is 42.9 Å². The van der Waals surface area contributed by atoms with E-state index in [-0.39, 0.29) is 17.1 Å². The number of esters is 1. The number of hydrogen-bond acceptors (Lipinski definition) is 5. The average Bonchev–Trinajstić information content (AvgIpc) is 3.12. The quantitative estimate of drug-likeness (QED) is 0.775. The van der Waals surface area contributed by atoms with E-state index in [0.29, 0.717) is 26.1 Å². The zero-order chi connectivity index (χ0) is 16.5. The van der Waals surface area contributed by atoms with E-state index in [2.05, 4.69) is 5.32 Å². The van der Waals surface area contributed by atoms with Gasteiger partial charge in [0.1, 0.15) is 0 Å². The lowest BCUT2D eigenvalue weighted by Gasteiger charge is -2.27. The molecule has 2 unspecified atom stereocenters. The van der Waals surface area contributed by atoms with Crippen LogP contribution < -0.4 is 5.32 Å². The standard InChI is InChI=1S/C17H21NO5/c1-22-15(21)16-6-7-17(9-16,23-11-16)10-18-8-12-2-4-13(5-3-12)14(19)20/h2-5,18H,6-11H2,1H3,(H,19,20). The maximum atomic E-state index is 11.9. The lowest BCUT2D eigenvalue weighted by molar-refractivity contribution is -0.154. The minimum atomic E-state index is -0.923. The molecule has 3 rings (SSSR count). The highest BCUT2D eigenvalue weighted by Crippen LogP contribution is 2.53. The number of fused-ring (bicyclic) bond motifs is 2. The van der Waals surface area contributed by atoms with Crippen LogP contribution in [0.3, 0.4) is 0 Å². The Balaban J connectivity index is 1.54. The van der Waals surface area contributed by atoms with Gasteiger partial charge in [-0.25, -0.2) is 4.79 Å². The van der Waals surface area contributed by atoms with Gasteiger partial charge in [0.25, 0.3) is 0 Å². The fourth-order valence-electron chi connectivity index (χ4n) is 3.65. The molecule has 2 bridgehead atoms. The topological polar surface area (TPSA) is 84.9 Å². The fourth-order valence-corrected chi connectivity index (χ4v) is 3.65. The molecular weight excluding hydrogens is 298 g/mol. The van der Waals surface area contributed by atoms with Crippen LogP contribution in [0.15, 0.2) is 24.3 Å². The minimum absolute atomic E-state index is 0.166. The summed E-state index contributed by atoms with van der Waals surface area (Å²) in [6.07, 6.45) is 2.37. The highest BCUT2D eigenvalue weighted by molar-refractivity contribution is 5.87. The lowest BCUT2D eigenvalue weighted by atomic mass is 9.88. The van der Waals surface area contributed by atoms with E-state index in [1.54, 1.807) is 24.3 Å². The average molecular weight is 319 g/mol. The second-order valence-corrected chi connectivity index (χ2v) is 6.53. The third kappa shape index (κ3) is 2.96. The van der Waals surface area contributed by atoms with Crippen molar-refractivity contribution in [3.8, 4) is 0 Å². The highest BCUT2D eigenvalue weighted by atomic mass is 16.5. The second-order valence-electron chi connectivity index (χ2n) is 6.53. The zero-order valence-electron chi connectivity index (χ0n) is 13.1. The van der Waals surface area contributed by atoms with Crippen molar-refractivity contribution < 1.29 is 24.2 Å². The molecule has 1 saturated carbocycles. The van der Waals surface area contributed by atoms with Gasteiger partial charge in [0.15, 0.2) is 0 Å². The Kier molecular flexibility index (Phi) is 4.12. The molecule has 6 nitrogen and oxygen atoms in total. The van der Waals surface area contributed by atoms with Gasteiger partial charge >= 0.3 is 11.9 Å². The van der Waals surface area contributed by atoms with E-state index < -0.39 is 11.4 Å². The van der Waals surface area contributed by atoms with Crippen LogP contribution in [0, 0.1) is 5.41 Å². The normalized spacial score (nSPS) is 28.7. The van der Waals surface area contributed by atoms with Gasteiger partial charge in [0, 0.05) is 13.1 Å². The van der Waals surface area contributed by atoms with Crippen LogP contribution in [0.25, 0.3) is 0 Å². The molecule has 1 aliphatic carbocycles. The summed E-state index contributed by atoms with van der Waals surface area (Å²) in [4.78, 5) is 22.8. The summed E-state index contributed by atoms with van der Waals surface area (Å²) in [5, 5.41) is 12.2. The highest BCUT2D eigenvalue weighted by Gasteiger charge is 2.59. The molecule has 2 aliphatic rings. The molecule has 1 aromatic rings. The molecule has 124 valence electrons. The molecule has 1 saturated heterocycles. The van der Waals surface area contributed by atoms with Crippen LogP contribution >= 0.6 is 0 Å². The molecule has 23 heavy (non-hydrogen) atoms. The van der Waals surface area contributed by atoms with Gasteiger partial charge in [-0.3, -0.25) is 4.79 Å². The number of benzene rings is 1. The summed E-state index contributed by atoms with van der Waals surface area (Å²) in [5.74, 6) is -1.09. The largest absolute Gasteiger partial charge is 0.478 e. The Morgan fingerprint density at radius 1 is 1.30 bits per heavy atom. The number of carbonyl (C=O) groups is 2. The Labute approximate surface area is 134 Å². The Morgan fingerprint density at radius 2 is 2.04 bits per heavy atom. The Hall–Kier alpha value is -1.92. The molecule has 0 radical (unpaired) electrons. The first-order valence-corrected chi connectivity index (χ1v) is 7.74. The maximum absolute atomic E-state index is 11.9. The van der Waals surface area contributed by atoms with Crippen molar-refractivity contribution >= 4 is 11.9 Å². The fraction of sp³-hybridized carbons (Fsp3) is 0.529. The van der Waals surface area contributed by atoms with Gasteiger partial charge in [0.2, 0.25) is 0 Å². The molecule has 0 aromatic heterocycles. The van der Waals surface area contributed by atoms with Gasteiger partial charge in [-0.05, 0) is 37.0 Å². The minimum Gasteiger partial charge on any atom is -0.478 e. The number of ether oxygens (including phenoxy) is 2. The van der Waals surface area contributed by atoms with Crippen LogP contribution in [0.1, 0.15) is 35.2 Å². The molecule has 2 N–H and O–H groups in total. The number of methoxy groups -OCH3 is 1. The van der Waals surface area contributed by atoms with Crippen molar-refractivity contribution in [1.82, 2.24) is 5.32 Å². The first-order valence-electron chi connectivity index (χ1n) is 7.74. The van der Waals surface area contributed by atoms with Gasteiger partial charge in [-0.2, -0.15) is 0 Å². The van der Waals surface area contributed by atoms with Crippen molar-refractivity contribution in [2.75, 3.05) is 20.3 Å². The summed E-state index contributed by atoms with van der Waals surface area (Å²) >= 11 is 0. The van der Waals surface area contributed by atoms with E-state index in [4.69, 9.17) is 14.6 Å². The number of hydrogen-bond donors (Lipinski definition) is 2. The molecule has 2 atom stereocenters.